The van der Waals surface area contributed by atoms with E-state index >= 15 is 0 Å². The molecule has 0 N–H and O–H groups in total. The summed E-state index contributed by atoms with van der Waals surface area (Å²) in [7, 11) is 0. The van der Waals surface area contributed by atoms with Crippen LogP contribution in [0.3, 0.4) is 0 Å². The van der Waals surface area contributed by atoms with E-state index in [2.05, 4.69) is 46.4 Å². The van der Waals surface area contributed by atoms with Crippen molar-refractivity contribution < 1.29 is 0 Å². The van der Waals surface area contributed by atoms with Gasteiger partial charge in [0.25, 0.3) is 0 Å². The standard InChI is InChI=1S/C16H10N2/c1-2-5-12-10-15-14(8-11(12)4-1)9-13-6-3-7-17-16(13)18-15/h1-10H. The van der Waals surface area contributed by atoms with Gasteiger partial charge in [-0.1, -0.05) is 24.3 Å². The van der Waals surface area contributed by atoms with Crippen molar-refractivity contribution in [2.24, 2.45) is 0 Å². The van der Waals surface area contributed by atoms with Crippen LogP contribution in [0.2, 0.25) is 0 Å². The summed E-state index contributed by atoms with van der Waals surface area (Å²) in [6.45, 7) is 0. The van der Waals surface area contributed by atoms with Crippen LogP contribution < -0.4 is 0 Å². The number of fused-ring (bicyclic) bond motifs is 3. The molecule has 4 rings (SSSR count). The van der Waals surface area contributed by atoms with E-state index in [1.165, 1.54) is 10.8 Å². The average Bonchev–Trinajstić information content (AvgIpc) is 2.42. The number of hydrogen-bond donors (Lipinski definition) is 0. The zero-order valence-corrected chi connectivity index (χ0v) is 9.67. The predicted octanol–water partition coefficient (Wildman–Crippen LogP) is 3.94. The van der Waals surface area contributed by atoms with Crippen LogP contribution in [0.5, 0.6) is 0 Å². The third-order valence-corrected chi connectivity index (χ3v) is 3.25. The Balaban J connectivity index is 2.20. The molecule has 0 saturated heterocycles. The van der Waals surface area contributed by atoms with Crippen molar-refractivity contribution in [3.63, 3.8) is 0 Å². The van der Waals surface area contributed by atoms with Gasteiger partial charge >= 0.3 is 0 Å². The summed E-state index contributed by atoms with van der Waals surface area (Å²) in [6, 6.07) is 18.8. The summed E-state index contributed by atoms with van der Waals surface area (Å²) >= 11 is 0. The van der Waals surface area contributed by atoms with Gasteiger partial charge < -0.3 is 0 Å². The van der Waals surface area contributed by atoms with Crippen LogP contribution in [0, 0.1) is 0 Å². The van der Waals surface area contributed by atoms with E-state index in [0.717, 1.165) is 21.9 Å². The number of benzene rings is 2. The van der Waals surface area contributed by atoms with Crippen molar-refractivity contribution in [2.45, 2.75) is 0 Å². The van der Waals surface area contributed by atoms with Crippen LogP contribution in [0.25, 0.3) is 32.7 Å². The Labute approximate surface area is 104 Å². The van der Waals surface area contributed by atoms with E-state index in [0.29, 0.717) is 0 Å². The zero-order valence-electron chi connectivity index (χ0n) is 9.67. The number of hydrogen-bond acceptors (Lipinski definition) is 2. The first-order chi connectivity index (χ1) is 8.90. The summed E-state index contributed by atoms with van der Waals surface area (Å²) < 4.78 is 0. The molecule has 2 aromatic heterocycles. The molecule has 2 heterocycles. The molecule has 0 aliphatic carbocycles. The Morgan fingerprint density at radius 2 is 1.39 bits per heavy atom. The Morgan fingerprint density at radius 1 is 0.667 bits per heavy atom. The number of aromatic nitrogens is 2. The molecule has 0 saturated carbocycles. The van der Waals surface area contributed by atoms with Gasteiger partial charge in [0.2, 0.25) is 0 Å². The molecule has 18 heavy (non-hydrogen) atoms. The van der Waals surface area contributed by atoms with Gasteiger partial charge in [0.05, 0.1) is 5.52 Å². The lowest BCUT2D eigenvalue weighted by Crippen LogP contribution is -1.85. The molecular weight excluding hydrogens is 220 g/mol. The molecule has 0 fully saturated rings. The van der Waals surface area contributed by atoms with Gasteiger partial charge in [-0.05, 0) is 41.1 Å². The summed E-state index contributed by atoms with van der Waals surface area (Å²) in [5, 5.41) is 4.71. The quantitative estimate of drug-likeness (QED) is 0.428. The lowest BCUT2D eigenvalue weighted by Gasteiger charge is -2.03. The van der Waals surface area contributed by atoms with Crippen LogP contribution >= 0.6 is 0 Å². The highest BCUT2D eigenvalue weighted by atomic mass is 14.8. The monoisotopic (exact) mass is 230 g/mol. The van der Waals surface area contributed by atoms with E-state index in [1.807, 2.05) is 18.2 Å². The average molecular weight is 230 g/mol. The third-order valence-electron chi connectivity index (χ3n) is 3.25. The highest BCUT2D eigenvalue weighted by molar-refractivity contribution is 6.00. The molecule has 0 bridgehead atoms. The second-order valence-corrected chi connectivity index (χ2v) is 4.43. The van der Waals surface area contributed by atoms with Gasteiger partial charge in [0.15, 0.2) is 5.65 Å². The molecule has 84 valence electrons. The van der Waals surface area contributed by atoms with Crippen LogP contribution in [0.1, 0.15) is 0 Å². The van der Waals surface area contributed by atoms with Gasteiger partial charge in [-0.2, -0.15) is 0 Å². The SMILES string of the molecule is c1ccc2cc3nc4ncccc4cc3cc2c1. The molecule has 0 amide bonds. The van der Waals surface area contributed by atoms with E-state index in [1.54, 1.807) is 6.20 Å². The van der Waals surface area contributed by atoms with Crippen LogP contribution in [0.4, 0.5) is 0 Å². The Bertz CT molecular complexity index is 737. The van der Waals surface area contributed by atoms with Crippen molar-refractivity contribution in [2.75, 3.05) is 0 Å². The molecule has 0 unspecified atom stereocenters. The minimum atomic E-state index is 0.806. The van der Waals surface area contributed by atoms with Gasteiger partial charge in [-0.3, -0.25) is 0 Å². The molecule has 0 aliphatic rings. The second-order valence-electron chi connectivity index (χ2n) is 4.43. The van der Waals surface area contributed by atoms with Crippen LogP contribution in [0.15, 0.2) is 60.8 Å². The van der Waals surface area contributed by atoms with Gasteiger partial charge in [0, 0.05) is 17.0 Å². The van der Waals surface area contributed by atoms with Crippen molar-refractivity contribution >= 4 is 32.7 Å². The molecule has 2 heteroatoms. The zero-order chi connectivity index (χ0) is 11.9. The summed E-state index contributed by atoms with van der Waals surface area (Å²) in [6.07, 6.45) is 1.78. The first kappa shape index (κ1) is 9.54. The molecule has 0 spiro atoms. The highest BCUT2D eigenvalue weighted by Gasteiger charge is 2.02. The van der Waals surface area contributed by atoms with Crippen molar-refractivity contribution in [1.82, 2.24) is 9.97 Å². The summed E-state index contributed by atoms with van der Waals surface area (Å²) in [5.74, 6) is 0. The molecular formula is C16H10N2. The molecule has 2 aromatic carbocycles. The van der Waals surface area contributed by atoms with Crippen molar-refractivity contribution in [1.29, 1.82) is 0 Å². The van der Waals surface area contributed by atoms with E-state index in [-0.39, 0.29) is 0 Å². The number of rotatable bonds is 0. The van der Waals surface area contributed by atoms with Gasteiger partial charge in [-0.25, -0.2) is 9.97 Å². The van der Waals surface area contributed by atoms with Gasteiger partial charge in [0.1, 0.15) is 0 Å². The fourth-order valence-electron chi connectivity index (χ4n) is 2.36. The van der Waals surface area contributed by atoms with E-state index < -0.39 is 0 Å². The van der Waals surface area contributed by atoms with Crippen LogP contribution in [-0.2, 0) is 0 Å². The third kappa shape index (κ3) is 1.36. The topological polar surface area (TPSA) is 25.8 Å². The first-order valence-electron chi connectivity index (χ1n) is 5.94. The minimum absolute atomic E-state index is 0.806. The number of pyridine rings is 2. The smallest absolute Gasteiger partial charge is 0.159 e. The van der Waals surface area contributed by atoms with Crippen molar-refractivity contribution in [3.05, 3.63) is 60.8 Å². The maximum Gasteiger partial charge on any atom is 0.159 e. The maximum atomic E-state index is 4.62. The van der Waals surface area contributed by atoms with E-state index in [4.69, 9.17) is 0 Å². The fourth-order valence-corrected chi connectivity index (χ4v) is 2.36. The highest BCUT2D eigenvalue weighted by Crippen LogP contribution is 2.23. The largest absolute Gasteiger partial charge is 0.237 e. The number of nitrogens with zero attached hydrogens (tertiary/aromatic N) is 2. The Kier molecular flexibility index (Phi) is 1.86. The maximum absolute atomic E-state index is 4.62. The molecule has 0 aliphatic heterocycles. The normalized spacial score (nSPS) is 11.3. The Hall–Kier alpha value is -2.48. The summed E-state index contributed by atoms with van der Waals surface area (Å²) in [5.41, 5.74) is 1.81. The molecule has 2 nitrogen and oxygen atoms in total. The van der Waals surface area contributed by atoms with E-state index in [9.17, 15) is 0 Å². The molecule has 0 atom stereocenters. The predicted molar refractivity (Wildman–Crippen MR) is 74.6 cm³/mol. The lowest BCUT2D eigenvalue weighted by molar-refractivity contribution is 1.33. The van der Waals surface area contributed by atoms with Crippen molar-refractivity contribution in [3.8, 4) is 0 Å². The summed E-state index contributed by atoms with van der Waals surface area (Å²) in [4.78, 5) is 8.92. The molecule has 0 radical (unpaired) electrons. The minimum Gasteiger partial charge on any atom is -0.237 e. The first-order valence-corrected chi connectivity index (χ1v) is 5.94. The lowest BCUT2D eigenvalue weighted by atomic mass is 10.1. The van der Waals surface area contributed by atoms with Crippen LogP contribution in [-0.4, -0.2) is 9.97 Å². The molecule has 4 aromatic rings. The van der Waals surface area contributed by atoms with Gasteiger partial charge in [-0.15, -0.1) is 0 Å². The Morgan fingerprint density at radius 3 is 2.28 bits per heavy atom. The fraction of sp³-hybridized carbons (Fsp3) is 0. The second kappa shape index (κ2) is 3.50.